The second kappa shape index (κ2) is 5.80. The van der Waals surface area contributed by atoms with Crippen molar-refractivity contribution in [3.63, 3.8) is 0 Å². The van der Waals surface area contributed by atoms with Crippen molar-refractivity contribution >= 4 is 26.7 Å². The molecule has 0 amide bonds. The number of halogens is 1. The molecule has 0 radical (unpaired) electrons. The molecule has 3 rings (SSSR count). The summed E-state index contributed by atoms with van der Waals surface area (Å²) in [5, 5.41) is -0.0146. The maximum absolute atomic E-state index is 12.8. The van der Waals surface area contributed by atoms with Gasteiger partial charge in [0.15, 0.2) is 0 Å². The highest BCUT2D eigenvalue weighted by Crippen LogP contribution is 2.33. The van der Waals surface area contributed by atoms with Crippen molar-refractivity contribution in [2.45, 2.75) is 29.0 Å². The van der Waals surface area contributed by atoms with Gasteiger partial charge in [-0.1, -0.05) is 46.3 Å². The first-order chi connectivity index (χ1) is 9.66. The minimum absolute atomic E-state index is 0.0146. The van der Waals surface area contributed by atoms with Gasteiger partial charge in [0.05, 0.1) is 16.0 Å². The summed E-state index contributed by atoms with van der Waals surface area (Å²) in [7, 11) is -1.07. The zero-order chi connectivity index (χ0) is 14.1. The fourth-order valence-corrected chi connectivity index (χ4v) is 4.87. The Labute approximate surface area is 130 Å². The smallest absolute Gasteiger partial charge is 0.0590 e. The molecule has 2 N–H and O–H groups in total. The second-order valence-electron chi connectivity index (χ2n) is 5.06. The van der Waals surface area contributed by atoms with Crippen molar-refractivity contribution in [1.82, 2.24) is 0 Å². The average molecular weight is 350 g/mol. The Morgan fingerprint density at radius 1 is 1.15 bits per heavy atom. The van der Waals surface area contributed by atoms with E-state index in [1.807, 2.05) is 36.4 Å². The summed E-state index contributed by atoms with van der Waals surface area (Å²) < 4.78 is 13.7. The summed E-state index contributed by atoms with van der Waals surface area (Å²) in [5.41, 5.74) is 8.80. The zero-order valence-electron chi connectivity index (χ0n) is 11.0. The Balaban J connectivity index is 1.91. The van der Waals surface area contributed by atoms with Crippen molar-refractivity contribution in [3.05, 3.63) is 64.1 Å². The van der Waals surface area contributed by atoms with Gasteiger partial charge in [-0.05, 0) is 42.2 Å². The number of benzene rings is 2. The summed E-state index contributed by atoms with van der Waals surface area (Å²) in [5.74, 6) is 0. The largest absolute Gasteiger partial charge is 0.323 e. The molecule has 2 aromatic carbocycles. The van der Waals surface area contributed by atoms with E-state index in [1.54, 1.807) is 0 Å². The highest BCUT2D eigenvalue weighted by molar-refractivity contribution is 9.10. The van der Waals surface area contributed by atoms with Crippen LogP contribution in [0.4, 0.5) is 0 Å². The molecule has 3 unspecified atom stereocenters. The average Bonchev–Trinajstić information content (AvgIpc) is 2.47. The molecular formula is C16H16BrNOS. The van der Waals surface area contributed by atoms with E-state index in [0.29, 0.717) is 0 Å². The second-order valence-corrected chi connectivity index (χ2v) is 7.64. The van der Waals surface area contributed by atoms with Gasteiger partial charge in [0, 0.05) is 15.4 Å². The molecule has 0 spiro atoms. The van der Waals surface area contributed by atoms with Gasteiger partial charge >= 0.3 is 0 Å². The first-order valence-corrected chi connectivity index (χ1v) is 8.67. The predicted molar refractivity (Wildman–Crippen MR) is 86.0 cm³/mol. The quantitative estimate of drug-likeness (QED) is 0.900. The summed E-state index contributed by atoms with van der Waals surface area (Å²) in [6.45, 7) is 0. The highest BCUT2D eigenvalue weighted by Gasteiger charge is 2.31. The lowest BCUT2D eigenvalue weighted by atomic mass is 9.88. The van der Waals surface area contributed by atoms with Gasteiger partial charge < -0.3 is 5.73 Å². The monoisotopic (exact) mass is 349 g/mol. The molecule has 2 nitrogen and oxygen atoms in total. The van der Waals surface area contributed by atoms with Crippen LogP contribution < -0.4 is 5.73 Å². The number of fused-ring (bicyclic) bond motifs is 1. The van der Waals surface area contributed by atoms with Crippen LogP contribution in [0, 0.1) is 0 Å². The molecule has 0 heterocycles. The molecule has 104 valence electrons. The minimum Gasteiger partial charge on any atom is -0.323 e. The lowest BCUT2D eigenvalue weighted by molar-refractivity contribution is 0.563. The van der Waals surface area contributed by atoms with E-state index in [9.17, 15) is 4.21 Å². The zero-order valence-corrected chi connectivity index (χ0v) is 13.4. The van der Waals surface area contributed by atoms with Gasteiger partial charge in [0.25, 0.3) is 0 Å². The summed E-state index contributed by atoms with van der Waals surface area (Å²) in [6.07, 6.45) is 1.82. The van der Waals surface area contributed by atoms with Gasteiger partial charge in [-0.3, -0.25) is 4.21 Å². The molecule has 2 aromatic rings. The first kappa shape index (κ1) is 14.0. The molecule has 0 aromatic heterocycles. The van der Waals surface area contributed by atoms with Crippen LogP contribution in [-0.4, -0.2) is 9.46 Å². The predicted octanol–water partition coefficient (Wildman–Crippen LogP) is 3.57. The Hall–Kier alpha value is -0.970. The van der Waals surface area contributed by atoms with Crippen LogP contribution in [0.1, 0.15) is 23.6 Å². The van der Waals surface area contributed by atoms with E-state index in [-0.39, 0.29) is 11.3 Å². The molecule has 0 aliphatic heterocycles. The topological polar surface area (TPSA) is 43.1 Å². The molecule has 0 saturated heterocycles. The van der Waals surface area contributed by atoms with Crippen molar-refractivity contribution in [2.75, 3.05) is 0 Å². The van der Waals surface area contributed by atoms with Crippen molar-refractivity contribution in [2.24, 2.45) is 5.73 Å². The maximum atomic E-state index is 12.8. The lowest BCUT2D eigenvalue weighted by Gasteiger charge is -2.30. The third-order valence-corrected chi connectivity index (χ3v) is 6.11. The van der Waals surface area contributed by atoms with Crippen molar-refractivity contribution in [3.8, 4) is 0 Å². The first-order valence-electron chi connectivity index (χ1n) is 6.66. The van der Waals surface area contributed by atoms with Gasteiger partial charge in [-0.25, -0.2) is 0 Å². The van der Waals surface area contributed by atoms with E-state index in [2.05, 4.69) is 28.1 Å². The third kappa shape index (κ3) is 2.60. The normalized spacial score (nSPS) is 23.1. The third-order valence-electron chi connectivity index (χ3n) is 3.82. The van der Waals surface area contributed by atoms with Crippen molar-refractivity contribution in [1.29, 1.82) is 0 Å². The van der Waals surface area contributed by atoms with Crippen LogP contribution in [0.25, 0.3) is 0 Å². The number of hydrogen-bond acceptors (Lipinski definition) is 2. The van der Waals surface area contributed by atoms with Crippen LogP contribution in [0.3, 0.4) is 0 Å². The van der Waals surface area contributed by atoms with E-state index >= 15 is 0 Å². The minimum atomic E-state index is -1.07. The van der Waals surface area contributed by atoms with Gasteiger partial charge in [0.2, 0.25) is 0 Å². The van der Waals surface area contributed by atoms with Gasteiger partial charge in [0.1, 0.15) is 0 Å². The van der Waals surface area contributed by atoms with Gasteiger partial charge in [-0.2, -0.15) is 0 Å². The molecule has 3 atom stereocenters. The Morgan fingerprint density at radius 3 is 2.75 bits per heavy atom. The molecule has 4 heteroatoms. The van der Waals surface area contributed by atoms with Crippen LogP contribution in [-0.2, 0) is 17.2 Å². The Kier molecular flexibility index (Phi) is 4.06. The highest BCUT2D eigenvalue weighted by atomic mass is 79.9. The summed E-state index contributed by atoms with van der Waals surface area (Å²) >= 11 is 3.43. The fraction of sp³-hybridized carbons (Fsp3) is 0.250. The van der Waals surface area contributed by atoms with E-state index in [1.165, 1.54) is 5.56 Å². The maximum Gasteiger partial charge on any atom is 0.0590 e. The molecule has 1 aliphatic carbocycles. The molecule has 1 aliphatic rings. The van der Waals surface area contributed by atoms with E-state index in [0.717, 1.165) is 27.8 Å². The van der Waals surface area contributed by atoms with E-state index in [4.69, 9.17) is 5.73 Å². The lowest BCUT2D eigenvalue weighted by Crippen LogP contribution is -2.34. The number of nitrogens with two attached hydrogens (primary N) is 1. The van der Waals surface area contributed by atoms with Crippen molar-refractivity contribution < 1.29 is 4.21 Å². The van der Waals surface area contributed by atoms with E-state index < -0.39 is 10.8 Å². The summed E-state index contributed by atoms with van der Waals surface area (Å²) in [4.78, 5) is 0.846. The molecule has 20 heavy (non-hydrogen) atoms. The number of aryl methyl sites for hydroxylation is 1. The van der Waals surface area contributed by atoms with Gasteiger partial charge in [-0.15, -0.1) is 0 Å². The Morgan fingerprint density at radius 2 is 1.95 bits per heavy atom. The molecule has 0 bridgehead atoms. The van der Waals surface area contributed by atoms with Crippen LogP contribution in [0.5, 0.6) is 0 Å². The number of hydrogen-bond donors (Lipinski definition) is 1. The molecule has 0 saturated carbocycles. The molecule has 0 fully saturated rings. The van der Waals surface area contributed by atoms with Crippen LogP contribution >= 0.6 is 15.9 Å². The summed E-state index contributed by atoms with van der Waals surface area (Å²) in [6, 6.07) is 15.8. The fourth-order valence-electron chi connectivity index (χ4n) is 2.77. The van der Waals surface area contributed by atoms with Crippen LogP contribution in [0.15, 0.2) is 57.9 Å². The molecular weight excluding hydrogens is 334 g/mol. The SMILES string of the molecule is NC1c2ccccc2CCC1S(=O)c1cccc(Br)c1. The number of rotatable bonds is 2. The van der Waals surface area contributed by atoms with Crippen LogP contribution in [0.2, 0.25) is 0 Å². The Bertz CT molecular complexity index is 658. The standard InChI is InChI=1S/C16H16BrNOS/c17-12-5-3-6-13(10-12)20(19)15-9-8-11-4-1-2-7-14(11)16(15)18/h1-7,10,15-16H,8-9,18H2.